The van der Waals surface area contributed by atoms with Gasteiger partial charge in [0.25, 0.3) is 0 Å². The van der Waals surface area contributed by atoms with Crippen LogP contribution in [0.3, 0.4) is 0 Å². The van der Waals surface area contributed by atoms with Gasteiger partial charge in [-0.2, -0.15) is 0 Å². The lowest BCUT2D eigenvalue weighted by Crippen LogP contribution is -2.08. The molecule has 0 aromatic heterocycles. The molecule has 2 aromatic carbocycles. The number of carboxylic acid groups (broad SMARTS) is 1. The number of halogens is 2. The summed E-state index contributed by atoms with van der Waals surface area (Å²) >= 11 is 0. The Labute approximate surface area is 108 Å². The standard InChI is InChI=1S/C14H11F2NO2/c15-10-4-1-3-9(7-10)8-17-12-6-2-5-11(16)13(12)14(18)19/h1-7,17H,8H2,(H,18,19). The Hall–Kier alpha value is -2.43. The van der Waals surface area contributed by atoms with E-state index < -0.39 is 17.3 Å². The van der Waals surface area contributed by atoms with E-state index in [1.165, 1.54) is 24.3 Å². The number of benzene rings is 2. The Bertz CT molecular complexity index is 614. The van der Waals surface area contributed by atoms with Gasteiger partial charge < -0.3 is 10.4 Å². The molecule has 19 heavy (non-hydrogen) atoms. The van der Waals surface area contributed by atoms with Crippen LogP contribution in [0.15, 0.2) is 42.5 Å². The Morgan fingerprint density at radius 1 is 1.16 bits per heavy atom. The Morgan fingerprint density at radius 2 is 1.89 bits per heavy atom. The van der Waals surface area contributed by atoms with Crippen LogP contribution < -0.4 is 5.32 Å². The van der Waals surface area contributed by atoms with Gasteiger partial charge in [-0.25, -0.2) is 13.6 Å². The molecule has 0 aliphatic heterocycles. The molecule has 0 aliphatic carbocycles. The van der Waals surface area contributed by atoms with Crippen molar-refractivity contribution in [1.82, 2.24) is 0 Å². The normalized spacial score (nSPS) is 10.2. The maximum atomic E-state index is 13.4. The van der Waals surface area contributed by atoms with Crippen LogP contribution in [0.1, 0.15) is 15.9 Å². The monoisotopic (exact) mass is 263 g/mol. The van der Waals surface area contributed by atoms with E-state index in [2.05, 4.69) is 5.32 Å². The summed E-state index contributed by atoms with van der Waals surface area (Å²) in [5.41, 5.74) is 0.385. The molecule has 0 saturated carbocycles. The molecule has 0 heterocycles. The van der Waals surface area contributed by atoms with Gasteiger partial charge in [0.1, 0.15) is 17.2 Å². The minimum atomic E-state index is -1.35. The third-order valence-corrected chi connectivity index (χ3v) is 2.60. The topological polar surface area (TPSA) is 49.3 Å². The number of aromatic carboxylic acids is 1. The number of hydrogen-bond acceptors (Lipinski definition) is 2. The van der Waals surface area contributed by atoms with E-state index in [0.717, 1.165) is 6.07 Å². The predicted octanol–water partition coefficient (Wildman–Crippen LogP) is 3.28. The van der Waals surface area contributed by atoms with Crippen LogP contribution in [0.5, 0.6) is 0 Å². The third-order valence-electron chi connectivity index (χ3n) is 2.60. The fourth-order valence-corrected chi connectivity index (χ4v) is 1.73. The molecular formula is C14H11F2NO2. The molecule has 0 atom stereocenters. The molecule has 5 heteroatoms. The van der Waals surface area contributed by atoms with E-state index in [4.69, 9.17) is 5.11 Å². The summed E-state index contributed by atoms with van der Waals surface area (Å²) < 4.78 is 26.4. The molecule has 0 spiro atoms. The van der Waals surface area contributed by atoms with E-state index in [-0.39, 0.29) is 18.0 Å². The van der Waals surface area contributed by atoms with Crippen molar-refractivity contribution in [2.75, 3.05) is 5.32 Å². The Kier molecular flexibility index (Phi) is 3.75. The Morgan fingerprint density at radius 3 is 2.58 bits per heavy atom. The highest BCUT2D eigenvalue weighted by molar-refractivity contribution is 5.94. The lowest BCUT2D eigenvalue weighted by Gasteiger charge is -2.10. The molecule has 0 saturated heterocycles. The summed E-state index contributed by atoms with van der Waals surface area (Å²) in [6.07, 6.45) is 0. The molecule has 2 aromatic rings. The van der Waals surface area contributed by atoms with E-state index in [1.54, 1.807) is 12.1 Å². The molecule has 0 radical (unpaired) electrons. The van der Waals surface area contributed by atoms with E-state index in [1.807, 2.05) is 0 Å². The number of hydrogen-bond donors (Lipinski definition) is 2. The highest BCUT2D eigenvalue weighted by atomic mass is 19.1. The minimum Gasteiger partial charge on any atom is -0.478 e. The molecule has 0 aliphatic rings. The van der Waals surface area contributed by atoms with Gasteiger partial charge in [0.15, 0.2) is 0 Å². The van der Waals surface area contributed by atoms with Gasteiger partial charge in [-0.1, -0.05) is 18.2 Å². The maximum absolute atomic E-state index is 13.4. The first kappa shape index (κ1) is 13.0. The summed E-state index contributed by atoms with van der Waals surface area (Å²) in [5, 5.41) is 11.7. The highest BCUT2D eigenvalue weighted by Crippen LogP contribution is 2.19. The minimum absolute atomic E-state index is 0.164. The lowest BCUT2D eigenvalue weighted by atomic mass is 10.1. The van der Waals surface area contributed by atoms with Crippen molar-refractivity contribution in [3.63, 3.8) is 0 Å². The zero-order chi connectivity index (χ0) is 13.8. The van der Waals surface area contributed by atoms with Crippen molar-refractivity contribution < 1.29 is 18.7 Å². The summed E-state index contributed by atoms with van der Waals surface area (Å²) in [6.45, 7) is 0.210. The first-order chi connectivity index (χ1) is 9.08. The van der Waals surface area contributed by atoms with Crippen LogP contribution in [0.4, 0.5) is 14.5 Å². The van der Waals surface area contributed by atoms with Crippen molar-refractivity contribution in [3.8, 4) is 0 Å². The van der Waals surface area contributed by atoms with Gasteiger partial charge in [0.2, 0.25) is 0 Å². The molecule has 98 valence electrons. The second-order valence-corrected chi connectivity index (χ2v) is 3.95. The molecule has 0 bridgehead atoms. The Balaban J connectivity index is 2.20. The quantitative estimate of drug-likeness (QED) is 0.890. The molecule has 0 unspecified atom stereocenters. The fraction of sp³-hybridized carbons (Fsp3) is 0.0714. The summed E-state index contributed by atoms with van der Waals surface area (Å²) in [5.74, 6) is -2.53. The molecule has 2 N–H and O–H groups in total. The molecule has 0 amide bonds. The second-order valence-electron chi connectivity index (χ2n) is 3.95. The number of rotatable bonds is 4. The molecular weight excluding hydrogens is 252 g/mol. The zero-order valence-corrected chi connectivity index (χ0v) is 9.86. The van der Waals surface area contributed by atoms with Gasteiger partial charge in [-0.05, 0) is 29.8 Å². The van der Waals surface area contributed by atoms with Crippen LogP contribution in [-0.2, 0) is 6.54 Å². The number of carbonyl (C=O) groups is 1. The summed E-state index contributed by atoms with van der Waals surface area (Å²) in [4.78, 5) is 11.0. The van der Waals surface area contributed by atoms with Gasteiger partial charge in [-0.15, -0.1) is 0 Å². The molecule has 2 rings (SSSR count). The van der Waals surface area contributed by atoms with Crippen LogP contribution >= 0.6 is 0 Å². The first-order valence-corrected chi connectivity index (χ1v) is 5.58. The number of nitrogens with one attached hydrogen (secondary N) is 1. The van der Waals surface area contributed by atoms with Crippen molar-refractivity contribution in [1.29, 1.82) is 0 Å². The van der Waals surface area contributed by atoms with Gasteiger partial charge in [0, 0.05) is 6.54 Å². The van der Waals surface area contributed by atoms with Crippen LogP contribution in [0.2, 0.25) is 0 Å². The van der Waals surface area contributed by atoms with Gasteiger partial charge in [-0.3, -0.25) is 0 Å². The average Bonchev–Trinajstić information content (AvgIpc) is 2.36. The van der Waals surface area contributed by atoms with E-state index >= 15 is 0 Å². The van der Waals surface area contributed by atoms with Crippen molar-refractivity contribution in [2.24, 2.45) is 0 Å². The fourth-order valence-electron chi connectivity index (χ4n) is 1.73. The highest BCUT2D eigenvalue weighted by Gasteiger charge is 2.15. The van der Waals surface area contributed by atoms with Crippen LogP contribution in [0, 0.1) is 11.6 Å². The molecule has 0 fully saturated rings. The van der Waals surface area contributed by atoms with Crippen LogP contribution in [0.25, 0.3) is 0 Å². The molecule has 3 nitrogen and oxygen atoms in total. The lowest BCUT2D eigenvalue weighted by molar-refractivity contribution is 0.0693. The SMILES string of the molecule is O=C(O)c1c(F)cccc1NCc1cccc(F)c1. The number of carboxylic acids is 1. The third kappa shape index (κ3) is 3.07. The second kappa shape index (κ2) is 5.48. The summed E-state index contributed by atoms with van der Waals surface area (Å²) in [7, 11) is 0. The van der Waals surface area contributed by atoms with Gasteiger partial charge >= 0.3 is 5.97 Å². The van der Waals surface area contributed by atoms with E-state index in [9.17, 15) is 13.6 Å². The van der Waals surface area contributed by atoms with Crippen molar-refractivity contribution in [2.45, 2.75) is 6.54 Å². The van der Waals surface area contributed by atoms with E-state index in [0.29, 0.717) is 5.56 Å². The van der Waals surface area contributed by atoms with Crippen molar-refractivity contribution >= 4 is 11.7 Å². The average molecular weight is 263 g/mol. The smallest absolute Gasteiger partial charge is 0.340 e. The van der Waals surface area contributed by atoms with Crippen molar-refractivity contribution in [3.05, 3.63) is 65.2 Å². The van der Waals surface area contributed by atoms with Crippen LogP contribution in [-0.4, -0.2) is 11.1 Å². The largest absolute Gasteiger partial charge is 0.478 e. The maximum Gasteiger partial charge on any atom is 0.340 e. The number of anilines is 1. The zero-order valence-electron chi connectivity index (χ0n) is 9.86. The van der Waals surface area contributed by atoms with Gasteiger partial charge in [0.05, 0.1) is 5.69 Å². The first-order valence-electron chi connectivity index (χ1n) is 5.58. The predicted molar refractivity (Wildman–Crippen MR) is 67.1 cm³/mol. The summed E-state index contributed by atoms with van der Waals surface area (Å²) in [6, 6.07) is 9.84.